The van der Waals surface area contributed by atoms with Crippen LogP contribution in [0.4, 0.5) is 14.5 Å². The van der Waals surface area contributed by atoms with E-state index < -0.39 is 11.6 Å². The third kappa shape index (κ3) is 1.93. The van der Waals surface area contributed by atoms with Gasteiger partial charge in [-0.3, -0.25) is 4.79 Å². The number of halogens is 2. The van der Waals surface area contributed by atoms with Gasteiger partial charge < -0.3 is 9.80 Å². The van der Waals surface area contributed by atoms with Crippen LogP contribution in [-0.4, -0.2) is 30.1 Å². The summed E-state index contributed by atoms with van der Waals surface area (Å²) in [6.07, 6.45) is 4.72. The normalized spacial score (nSPS) is 27.4. The second kappa shape index (κ2) is 4.68. The first-order chi connectivity index (χ1) is 10.1. The second-order valence-corrected chi connectivity index (χ2v) is 6.32. The van der Waals surface area contributed by atoms with Crippen molar-refractivity contribution in [2.45, 2.75) is 38.1 Å². The number of benzene rings is 1. The van der Waals surface area contributed by atoms with Gasteiger partial charge in [0.1, 0.15) is 11.6 Å². The Hall–Kier alpha value is -1.65. The lowest BCUT2D eigenvalue weighted by Crippen LogP contribution is -2.61. The lowest BCUT2D eigenvalue weighted by Gasteiger charge is -2.47. The number of β-lactam (4-membered cyclic amide) rings is 1. The van der Waals surface area contributed by atoms with Crippen LogP contribution in [0.15, 0.2) is 12.1 Å². The van der Waals surface area contributed by atoms with E-state index in [1.807, 2.05) is 9.80 Å². The van der Waals surface area contributed by atoms with Gasteiger partial charge in [-0.2, -0.15) is 0 Å². The second-order valence-electron chi connectivity index (χ2n) is 6.32. The van der Waals surface area contributed by atoms with Crippen LogP contribution >= 0.6 is 0 Å². The van der Waals surface area contributed by atoms with Crippen LogP contribution in [0.2, 0.25) is 0 Å². The highest BCUT2D eigenvalue weighted by Crippen LogP contribution is 2.41. The first kappa shape index (κ1) is 13.0. The molecule has 0 bridgehead atoms. The largest absolute Gasteiger partial charge is 0.351 e. The predicted octanol–water partition coefficient (Wildman–Crippen LogP) is 2.69. The highest BCUT2D eigenvalue weighted by atomic mass is 19.1. The molecule has 4 rings (SSSR count). The monoisotopic (exact) mass is 292 g/mol. The molecule has 3 nitrogen and oxygen atoms in total. The van der Waals surface area contributed by atoms with E-state index in [9.17, 15) is 13.6 Å². The van der Waals surface area contributed by atoms with Gasteiger partial charge in [0.25, 0.3) is 0 Å². The molecule has 1 amide bonds. The van der Waals surface area contributed by atoms with Crippen LogP contribution in [0, 0.1) is 17.6 Å². The molecule has 0 spiro atoms. The van der Waals surface area contributed by atoms with Crippen LogP contribution in [0.3, 0.4) is 0 Å². The van der Waals surface area contributed by atoms with Gasteiger partial charge in [0.05, 0.1) is 18.3 Å². The molecule has 1 aromatic rings. The van der Waals surface area contributed by atoms with Crippen molar-refractivity contribution in [2.75, 3.05) is 18.1 Å². The molecule has 1 saturated carbocycles. The third-order valence-electron chi connectivity index (χ3n) is 5.10. The summed E-state index contributed by atoms with van der Waals surface area (Å²) in [5.74, 6) is -0.635. The van der Waals surface area contributed by atoms with Gasteiger partial charge in [-0.1, -0.05) is 6.42 Å². The number of carbonyl (C=O) groups excluding carboxylic acids is 1. The van der Waals surface area contributed by atoms with Crippen molar-refractivity contribution in [3.05, 3.63) is 29.3 Å². The molecule has 112 valence electrons. The molecule has 2 fully saturated rings. The fraction of sp³-hybridized carbons (Fsp3) is 0.562. The number of rotatable bonds is 2. The zero-order valence-corrected chi connectivity index (χ0v) is 11.8. The van der Waals surface area contributed by atoms with Crippen LogP contribution < -0.4 is 4.90 Å². The Labute approximate surface area is 122 Å². The molecule has 2 heterocycles. The molecular weight excluding hydrogens is 274 g/mol. The Morgan fingerprint density at radius 2 is 2.05 bits per heavy atom. The molecule has 1 saturated heterocycles. The number of aryl methyl sites for hydroxylation is 1. The molecule has 21 heavy (non-hydrogen) atoms. The zero-order chi connectivity index (χ0) is 14.6. The molecule has 1 aromatic carbocycles. The number of hydrogen-bond acceptors (Lipinski definition) is 2. The first-order valence-corrected chi connectivity index (χ1v) is 7.68. The number of anilines is 1. The fourth-order valence-corrected chi connectivity index (χ4v) is 4.13. The lowest BCUT2D eigenvalue weighted by atomic mass is 9.91. The molecular formula is C16H18F2N2O. The number of fused-ring (bicyclic) bond motifs is 2. The minimum atomic E-state index is -0.524. The molecule has 0 radical (unpaired) electrons. The maximum absolute atomic E-state index is 14.1. The third-order valence-corrected chi connectivity index (χ3v) is 5.10. The summed E-state index contributed by atoms with van der Waals surface area (Å²) in [6.45, 7) is 1.16. The number of nitrogens with zero attached hydrogens (tertiary/aromatic N) is 2. The quantitative estimate of drug-likeness (QED) is 0.783. The van der Waals surface area contributed by atoms with Gasteiger partial charge >= 0.3 is 0 Å². The van der Waals surface area contributed by atoms with Gasteiger partial charge in [0.2, 0.25) is 5.91 Å². The molecule has 3 aliphatic rings. The van der Waals surface area contributed by atoms with Crippen molar-refractivity contribution in [3.8, 4) is 0 Å². The number of hydrogen-bond donors (Lipinski definition) is 0. The molecule has 0 N–H and O–H groups in total. The summed E-state index contributed by atoms with van der Waals surface area (Å²) in [5.41, 5.74) is 1.20. The van der Waals surface area contributed by atoms with E-state index in [1.165, 1.54) is 6.07 Å². The van der Waals surface area contributed by atoms with Gasteiger partial charge in [-0.05, 0) is 37.3 Å². The summed E-state index contributed by atoms with van der Waals surface area (Å²) >= 11 is 0. The Bertz CT molecular complexity index is 604. The smallest absolute Gasteiger partial charge is 0.229 e. The Kier molecular flexibility index (Phi) is 2.91. The molecule has 5 heteroatoms. The van der Waals surface area contributed by atoms with Crippen LogP contribution in [-0.2, 0) is 11.2 Å². The lowest BCUT2D eigenvalue weighted by molar-refractivity contribution is -0.153. The first-order valence-electron chi connectivity index (χ1n) is 7.68. The Morgan fingerprint density at radius 3 is 2.90 bits per heavy atom. The molecule has 0 unspecified atom stereocenters. The zero-order valence-electron chi connectivity index (χ0n) is 11.8. The topological polar surface area (TPSA) is 23.6 Å². The van der Waals surface area contributed by atoms with Crippen LogP contribution in [0.25, 0.3) is 0 Å². The standard InChI is InChI=1S/C16H18F2N2O/c17-11-7-10-3-2-6-19(15(10)13(18)8-11)9-20-14-5-1-4-12(14)16(20)21/h7-8,12,14H,1-6,9H2/t12-,14+/m1/s1. The van der Waals surface area contributed by atoms with E-state index in [1.54, 1.807) is 0 Å². The summed E-state index contributed by atoms with van der Waals surface area (Å²) in [5, 5.41) is 0. The van der Waals surface area contributed by atoms with E-state index >= 15 is 0 Å². The number of amides is 1. The number of carbonyl (C=O) groups is 1. The van der Waals surface area contributed by atoms with Gasteiger partial charge in [0, 0.05) is 18.7 Å². The molecule has 1 aliphatic carbocycles. The Balaban J connectivity index is 1.59. The van der Waals surface area contributed by atoms with E-state index in [0.717, 1.165) is 43.9 Å². The van der Waals surface area contributed by atoms with E-state index in [0.29, 0.717) is 24.8 Å². The van der Waals surface area contributed by atoms with Crippen molar-refractivity contribution in [1.82, 2.24) is 4.90 Å². The average molecular weight is 292 g/mol. The van der Waals surface area contributed by atoms with Crippen LogP contribution in [0.5, 0.6) is 0 Å². The van der Waals surface area contributed by atoms with Crippen molar-refractivity contribution in [3.63, 3.8) is 0 Å². The Morgan fingerprint density at radius 1 is 1.19 bits per heavy atom. The van der Waals surface area contributed by atoms with Crippen molar-refractivity contribution < 1.29 is 13.6 Å². The molecule has 0 aromatic heterocycles. The summed E-state index contributed by atoms with van der Waals surface area (Å²) in [7, 11) is 0. The van der Waals surface area contributed by atoms with Gasteiger partial charge in [-0.25, -0.2) is 8.78 Å². The number of likely N-dealkylation sites (tertiary alicyclic amines) is 1. The van der Waals surface area contributed by atoms with Crippen molar-refractivity contribution in [2.24, 2.45) is 5.92 Å². The SMILES string of the molecule is O=C1[C@@H]2CCC[C@@H]2N1CN1CCCc2cc(F)cc(F)c21. The van der Waals surface area contributed by atoms with E-state index in [4.69, 9.17) is 0 Å². The molecule has 2 aliphatic heterocycles. The van der Waals surface area contributed by atoms with E-state index in [2.05, 4.69) is 0 Å². The highest BCUT2D eigenvalue weighted by Gasteiger charge is 2.50. The van der Waals surface area contributed by atoms with Gasteiger partial charge in [-0.15, -0.1) is 0 Å². The maximum atomic E-state index is 14.1. The molecule has 2 atom stereocenters. The predicted molar refractivity (Wildman–Crippen MR) is 74.9 cm³/mol. The van der Waals surface area contributed by atoms with Gasteiger partial charge in [0.15, 0.2) is 0 Å². The van der Waals surface area contributed by atoms with Crippen LogP contribution in [0.1, 0.15) is 31.2 Å². The summed E-state index contributed by atoms with van der Waals surface area (Å²) < 4.78 is 27.5. The highest BCUT2D eigenvalue weighted by molar-refractivity contribution is 5.86. The minimum absolute atomic E-state index is 0.201. The fourth-order valence-electron chi connectivity index (χ4n) is 4.13. The maximum Gasteiger partial charge on any atom is 0.229 e. The summed E-state index contributed by atoms with van der Waals surface area (Å²) in [4.78, 5) is 15.9. The average Bonchev–Trinajstić information content (AvgIpc) is 2.88. The summed E-state index contributed by atoms with van der Waals surface area (Å²) in [6, 6.07) is 2.69. The van der Waals surface area contributed by atoms with E-state index in [-0.39, 0.29) is 11.8 Å². The van der Waals surface area contributed by atoms with Crippen molar-refractivity contribution in [1.29, 1.82) is 0 Å². The van der Waals surface area contributed by atoms with Crippen molar-refractivity contribution >= 4 is 11.6 Å². The minimum Gasteiger partial charge on any atom is -0.351 e.